The molecule has 1 rings (SSSR count). The lowest BCUT2D eigenvalue weighted by Crippen LogP contribution is -2.45. The van der Waals surface area contributed by atoms with Gasteiger partial charge in [0, 0.05) is 12.1 Å². The van der Waals surface area contributed by atoms with Crippen molar-refractivity contribution in [1.82, 2.24) is 10.6 Å². The summed E-state index contributed by atoms with van der Waals surface area (Å²) in [6.45, 7) is 7.23. The minimum Gasteiger partial charge on any atom is -0.367 e. The third kappa shape index (κ3) is 4.62. The Labute approximate surface area is 91.8 Å². The molecule has 1 fully saturated rings. The maximum atomic E-state index is 11.3. The van der Waals surface area contributed by atoms with E-state index in [0.717, 1.165) is 19.4 Å². The fourth-order valence-electron chi connectivity index (χ4n) is 1.79. The molecule has 0 aromatic heterocycles. The molecule has 0 aliphatic carbocycles. The first-order chi connectivity index (χ1) is 7.09. The van der Waals surface area contributed by atoms with Gasteiger partial charge >= 0.3 is 0 Å². The number of piperidine rings is 1. The van der Waals surface area contributed by atoms with Gasteiger partial charge < -0.3 is 15.4 Å². The van der Waals surface area contributed by atoms with Crippen LogP contribution in [0.15, 0.2) is 0 Å². The van der Waals surface area contributed by atoms with E-state index in [-0.39, 0.29) is 24.7 Å². The van der Waals surface area contributed by atoms with Crippen LogP contribution >= 0.6 is 0 Å². The minimum atomic E-state index is -0.0252. The standard InChI is InChI=1S/C11H22N2O2/c1-8(2)13-11(14)7-15-10-5-4-6-12-9(10)3/h8-10,12H,4-7H2,1-3H3,(H,13,14). The van der Waals surface area contributed by atoms with Crippen LogP contribution < -0.4 is 10.6 Å². The van der Waals surface area contributed by atoms with E-state index < -0.39 is 0 Å². The van der Waals surface area contributed by atoms with Crippen molar-refractivity contribution in [1.29, 1.82) is 0 Å². The summed E-state index contributed by atoms with van der Waals surface area (Å²) in [5.74, 6) is -0.0252. The molecule has 0 aromatic carbocycles. The molecule has 0 spiro atoms. The number of hydrogen-bond acceptors (Lipinski definition) is 3. The lowest BCUT2D eigenvalue weighted by Gasteiger charge is -2.29. The average Bonchev–Trinajstić information content (AvgIpc) is 2.15. The molecule has 1 saturated heterocycles. The smallest absolute Gasteiger partial charge is 0.246 e. The highest BCUT2D eigenvalue weighted by molar-refractivity contribution is 5.77. The molecule has 1 heterocycles. The summed E-state index contributed by atoms with van der Waals surface area (Å²) in [4.78, 5) is 11.3. The van der Waals surface area contributed by atoms with Gasteiger partial charge in [-0.25, -0.2) is 0 Å². The van der Waals surface area contributed by atoms with E-state index in [1.165, 1.54) is 0 Å². The van der Waals surface area contributed by atoms with Gasteiger partial charge in [0.05, 0.1) is 6.10 Å². The molecular weight excluding hydrogens is 192 g/mol. The molecule has 15 heavy (non-hydrogen) atoms. The lowest BCUT2D eigenvalue weighted by molar-refractivity contribution is -0.129. The van der Waals surface area contributed by atoms with Crippen LogP contribution in [-0.2, 0) is 9.53 Å². The van der Waals surface area contributed by atoms with Gasteiger partial charge in [0.1, 0.15) is 6.61 Å². The van der Waals surface area contributed by atoms with E-state index in [1.54, 1.807) is 0 Å². The summed E-state index contributed by atoms with van der Waals surface area (Å²) in [5.41, 5.74) is 0. The van der Waals surface area contributed by atoms with E-state index in [2.05, 4.69) is 17.6 Å². The van der Waals surface area contributed by atoms with E-state index in [0.29, 0.717) is 6.04 Å². The molecule has 1 aliphatic rings. The van der Waals surface area contributed by atoms with E-state index in [1.807, 2.05) is 13.8 Å². The number of hydrogen-bond donors (Lipinski definition) is 2. The molecular formula is C11H22N2O2. The second-order valence-corrected chi connectivity index (χ2v) is 4.46. The van der Waals surface area contributed by atoms with Gasteiger partial charge in [0.15, 0.2) is 0 Å². The van der Waals surface area contributed by atoms with Crippen molar-refractivity contribution in [3.8, 4) is 0 Å². The Balaban J connectivity index is 2.20. The van der Waals surface area contributed by atoms with Crippen molar-refractivity contribution in [2.75, 3.05) is 13.2 Å². The minimum absolute atomic E-state index is 0.0252. The Hall–Kier alpha value is -0.610. The fourth-order valence-corrected chi connectivity index (χ4v) is 1.79. The molecule has 2 atom stereocenters. The summed E-state index contributed by atoms with van der Waals surface area (Å²) < 4.78 is 5.58. The van der Waals surface area contributed by atoms with Crippen LogP contribution in [0.4, 0.5) is 0 Å². The van der Waals surface area contributed by atoms with Gasteiger partial charge in [-0.05, 0) is 40.2 Å². The molecule has 1 aliphatic heterocycles. The maximum absolute atomic E-state index is 11.3. The molecule has 0 saturated carbocycles. The zero-order valence-corrected chi connectivity index (χ0v) is 9.88. The van der Waals surface area contributed by atoms with Crippen LogP contribution in [0.25, 0.3) is 0 Å². The Morgan fingerprint density at radius 1 is 1.60 bits per heavy atom. The number of carbonyl (C=O) groups is 1. The zero-order chi connectivity index (χ0) is 11.3. The Kier molecular flexibility index (Phi) is 5.05. The van der Waals surface area contributed by atoms with Gasteiger partial charge in [0.25, 0.3) is 0 Å². The van der Waals surface area contributed by atoms with E-state index in [4.69, 9.17) is 4.74 Å². The first-order valence-electron chi connectivity index (χ1n) is 5.74. The summed E-state index contributed by atoms with van der Waals surface area (Å²) in [7, 11) is 0. The van der Waals surface area contributed by atoms with Gasteiger partial charge in [-0.15, -0.1) is 0 Å². The molecule has 0 radical (unpaired) electrons. The predicted molar refractivity (Wildman–Crippen MR) is 59.7 cm³/mol. The number of rotatable bonds is 4. The van der Waals surface area contributed by atoms with Crippen molar-refractivity contribution in [3.63, 3.8) is 0 Å². The molecule has 0 aromatic rings. The summed E-state index contributed by atoms with van der Waals surface area (Å²) in [5, 5.41) is 6.15. The van der Waals surface area contributed by atoms with Gasteiger partial charge in [-0.1, -0.05) is 0 Å². The lowest BCUT2D eigenvalue weighted by atomic mass is 10.0. The second kappa shape index (κ2) is 6.08. The van der Waals surface area contributed by atoms with Crippen LogP contribution in [0.2, 0.25) is 0 Å². The highest BCUT2D eigenvalue weighted by atomic mass is 16.5. The van der Waals surface area contributed by atoms with E-state index in [9.17, 15) is 4.79 Å². The topological polar surface area (TPSA) is 50.4 Å². The molecule has 1 amide bonds. The van der Waals surface area contributed by atoms with Crippen LogP contribution in [0, 0.1) is 0 Å². The summed E-state index contributed by atoms with van der Waals surface area (Å²) in [6, 6.07) is 0.536. The highest BCUT2D eigenvalue weighted by Gasteiger charge is 2.21. The normalized spacial score (nSPS) is 26.7. The zero-order valence-electron chi connectivity index (χ0n) is 9.88. The van der Waals surface area contributed by atoms with Crippen LogP contribution in [0.1, 0.15) is 33.6 Å². The van der Waals surface area contributed by atoms with E-state index >= 15 is 0 Å². The molecule has 88 valence electrons. The molecule has 2 unspecified atom stereocenters. The van der Waals surface area contributed by atoms with Gasteiger partial charge in [-0.3, -0.25) is 4.79 Å². The fraction of sp³-hybridized carbons (Fsp3) is 0.909. The van der Waals surface area contributed by atoms with Crippen molar-refractivity contribution in [2.45, 2.75) is 51.8 Å². The Bertz CT molecular complexity index is 207. The molecule has 0 bridgehead atoms. The number of amides is 1. The number of nitrogens with one attached hydrogen (secondary N) is 2. The third-order valence-electron chi connectivity index (χ3n) is 2.57. The Morgan fingerprint density at radius 2 is 2.33 bits per heavy atom. The number of carbonyl (C=O) groups excluding carboxylic acids is 1. The van der Waals surface area contributed by atoms with Gasteiger partial charge in [-0.2, -0.15) is 0 Å². The first-order valence-corrected chi connectivity index (χ1v) is 5.74. The van der Waals surface area contributed by atoms with Crippen molar-refractivity contribution in [2.24, 2.45) is 0 Å². The van der Waals surface area contributed by atoms with Gasteiger partial charge in [0.2, 0.25) is 5.91 Å². The first kappa shape index (κ1) is 12.5. The molecule has 2 N–H and O–H groups in total. The van der Waals surface area contributed by atoms with Crippen LogP contribution in [-0.4, -0.2) is 37.2 Å². The van der Waals surface area contributed by atoms with Crippen LogP contribution in [0.3, 0.4) is 0 Å². The summed E-state index contributed by atoms with van der Waals surface area (Å²) >= 11 is 0. The monoisotopic (exact) mass is 214 g/mol. The molecule has 4 heteroatoms. The van der Waals surface area contributed by atoms with Crippen molar-refractivity contribution >= 4 is 5.91 Å². The largest absolute Gasteiger partial charge is 0.367 e. The molecule has 4 nitrogen and oxygen atoms in total. The predicted octanol–water partition coefficient (Wildman–Crippen LogP) is 0.668. The van der Waals surface area contributed by atoms with Crippen LogP contribution in [0.5, 0.6) is 0 Å². The average molecular weight is 214 g/mol. The maximum Gasteiger partial charge on any atom is 0.246 e. The summed E-state index contributed by atoms with van der Waals surface area (Å²) in [6.07, 6.45) is 2.35. The SMILES string of the molecule is CC(C)NC(=O)COC1CCCNC1C. The number of ether oxygens (including phenoxy) is 1. The Morgan fingerprint density at radius 3 is 2.93 bits per heavy atom. The van der Waals surface area contributed by atoms with Crippen molar-refractivity contribution in [3.05, 3.63) is 0 Å². The van der Waals surface area contributed by atoms with Crippen molar-refractivity contribution < 1.29 is 9.53 Å². The highest BCUT2D eigenvalue weighted by Crippen LogP contribution is 2.11. The third-order valence-corrected chi connectivity index (χ3v) is 2.57. The second-order valence-electron chi connectivity index (χ2n) is 4.46. The quantitative estimate of drug-likeness (QED) is 0.723.